The van der Waals surface area contributed by atoms with Crippen molar-refractivity contribution >= 4 is 5.78 Å². The summed E-state index contributed by atoms with van der Waals surface area (Å²) < 4.78 is 7.31. The summed E-state index contributed by atoms with van der Waals surface area (Å²) in [7, 11) is 1.67. The molecule has 0 N–H and O–H groups in total. The molecule has 0 unspecified atom stereocenters. The third-order valence-corrected chi connectivity index (χ3v) is 3.44. The predicted molar refractivity (Wildman–Crippen MR) is 79.2 cm³/mol. The van der Waals surface area contributed by atoms with Crippen LogP contribution in [0.3, 0.4) is 0 Å². The number of rotatable bonds is 2. The Hall–Kier alpha value is -2.36. The first-order valence-electron chi connectivity index (χ1n) is 6.58. The summed E-state index contributed by atoms with van der Waals surface area (Å²) >= 11 is 0. The molecule has 0 fully saturated rings. The normalized spacial score (nSPS) is 11.0. The predicted octanol–water partition coefficient (Wildman–Crippen LogP) is 3.33. The first-order valence-corrected chi connectivity index (χ1v) is 6.58. The van der Waals surface area contributed by atoms with Gasteiger partial charge in [-0.05, 0) is 51.1 Å². The van der Waals surface area contributed by atoms with Crippen LogP contribution in [-0.2, 0) is 0 Å². The zero-order chi connectivity index (χ0) is 14.3. The highest BCUT2D eigenvalue weighted by atomic mass is 16.5. The highest BCUT2D eigenvalue weighted by molar-refractivity contribution is 5.67. The lowest BCUT2D eigenvalue weighted by atomic mass is 10.1. The number of benzene rings is 1. The number of hydrogen-bond donors (Lipinski definition) is 0. The van der Waals surface area contributed by atoms with Gasteiger partial charge in [0.15, 0.2) is 0 Å². The van der Waals surface area contributed by atoms with Gasteiger partial charge in [0.25, 0.3) is 0 Å². The second-order valence-electron chi connectivity index (χ2n) is 4.95. The van der Waals surface area contributed by atoms with E-state index >= 15 is 0 Å². The Kier molecular flexibility index (Phi) is 2.93. The number of aromatic nitrogens is 3. The van der Waals surface area contributed by atoms with E-state index in [1.807, 2.05) is 26.0 Å². The van der Waals surface area contributed by atoms with E-state index in [0.29, 0.717) is 0 Å². The number of hydrogen-bond acceptors (Lipinski definition) is 3. The molecule has 3 rings (SSSR count). The zero-order valence-electron chi connectivity index (χ0n) is 12.1. The van der Waals surface area contributed by atoms with E-state index in [9.17, 15) is 0 Å². The van der Waals surface area contributed by atoms with E-state index in [-0.39, 0.29) is 0 Å². The van der Waals surface area contributed by atoms with Gasteiger partial charge < -0.3 is 4.74 Å². The number of methoxy groups -OCH3 is 1. The van der Waals surface area contributed by atoms with Crippen molar-refractivity contribution in [3.05, 3.63) is 47.4 Å². The molecule has 20 heavy (non-hydrogen) atoms. The molecule has 0 saturated heterocycles. The van der Waals surface area contributed by atoms with E-state index in [2.05, 4.69) is 39.5 Å². The molecule has 1 aromatic carbocycles. The van der Waals surface area contributed by atoms with Gasteiger partial charge in [0, 0.05) is 17.0 Å². The molecular weight excluding hydrogens is 250 g/mol. The Morgan fingerprint density at radius 2 is 1.70 bits per heavy atom. The maximum Gasteiger partial charge on any atom is 0.234 e. The summed E-state index contributed by atoms with van der Waals surface area (Å²) in [6.45, 7) is 6.09. The molecule has 102 valence electrons. The summed E-state index contributed by atoms with van der Waals surface area (Å²) in [6.07, 6.45) is 0. The molecule has 0 aliphatic rings. The Morgan fingerprint density at radius 3 is 2.35 bits per heavy atom. The molecule has 0 aliphatic carbocycles. The van der Waals surface area contributed by atoms with Gasteiger partial charge in [0.2, 0.25) is 5.78 Å². The number of ether oxygens (including phenoxy) is 1. The first kappa shape index (κ1) is 12.7. The lowest BCUT2D eigenvalue weighted by molar-refractivity contribution is 0.415. The van der Waals surface area contributed by atoms with Gasteiger partial charge in [-0.1, -0.05) is 0 Å². The topological polar surface area (TPSA) is 39.4 Å². The van der Waals surface area contributed by atoms with Crippen LogP contribution in [0, 0.1) is 20.8 Å². The minimum atomic E-state index is 0.755. The SMILES string of the molecule is COc1ccc(-c2c(C)nc3nc(C)cc(C)n23)cc1. The van der Waals surface area contributed by atoms with Crippen LogP contribution in [0.2, 0.25) is 0 Å². The largest absolute Gasteiger partial charge is 0.497 e. The summed E-state index contributed by atoms with van der Waals surface area (Å²) in [5, 5.41) is 0. The number of imidazole rings is 1. The van der Waals surface area contributed by atoms with Crippen molar-refractivity contribution in [2.45, 2.75) is 20.8 Å². The summed E-state index contributed by atoms with van der Waals surface area (Å²) in [5.74, 6) is 1.61. The molecule has 0 bridgehead atoms. The van der Waals surface area contributed by atoms with Gasteiger partial charge in [-0.15, -0.1) is 0 Å². The number of fused-ring (bicyclic) bond motifs is 1. The highest BCUT2D eigenvalue weighted by Gasteiger charge is 2.13. The highest BCUT2D eigenvalue weighted by Crippen LogP contribution is 2.27. The summed E-state index contributed by atoms with van der Waals surface area (Å²) in [4.78, 5) is 9.08. The molecule has 2 aromatic heterocycles. The van der Waals surface area contributed by atoms with Gasteiger partial charge in [0.1, 0.15) is 5.75 Å². The molecular formula is C16H17N3O. The van der Waals surface area contributed by atoms with Gasteiger partial charge in [-0.25, -0.2) is 9.97 Å². The second-order valence-corrected chi connectivity index (χ2v) is 4.95. The van der Waals surface area contributed by atoms with E-state index in [0.717, 1.165) is 39.9 Å². The third kappa shape index (κ3) is 1.93. The van der Waals surface area contributed by atoms with Crippen molar-refractivity contribution in [2.24, 2.45) is 0 Å². The molecule has 4 nitrogen and oxygen atoms in total. The smallest absolute Gasteiger partial charge is 0.234 e. The van der Waals surface area contributed by atoms with Crippen LogP contribution in [0.1, 0.15) is 17.1 Å². The minimum absolute atomic E-state index is 0.755. The van der Waals surface area contributed by atoms with Crippen molar-refractivity contribution in [3.8, 4) is 17.0 Å². The summed E-state index contributed by atoms with van der Waals surface area (Å²) in [5.41, 5.74) is 5.31. The maximum atomic E-state index is 5.21. The van der Waals surface area contributed by atoms with Crippen molar-refractivity contribution in [3.63, 3.8) is 0 Å². The lowest BCUT2D eigenvalue weighted by Crippen LogP contribution is -1.98. The van der Waals surface area contributed by atoms with Crippen LogP contribution in [0.15, 0.2) is 30.3 Å². The fraction of sp³-hybridized carbons (Fsp3) is 0.250. The maximum absolute atomic E-state index is 5.21. The molecule has 2 heterocycles. The van der Waals surface area contributed by atoms with Crippen molar-refractivity contribution in [1.29, 1.82) is 0 Å². The van der Waals surface area contributed by atoms with Crippen molar-refractivity contribution in [2.75, 3.05) is 7.11 Å². The van der Waals surface area contributed by atoms with Gasteiger partial charge >= 0.3 is 0 Å². The zero-order valence-corrected chi connectivity index (χ0v) is 12.1. The molecule has 4 heteroatoms. The third-order valence-electron chi connectivity index (χ3n) is 3.44. The van der Waals surface area contributed by atoms with Crippen LogP contribution in [0.5, 0.6) is 5.75 Å². The Morgan fingerprint density at radius 1 is 1.00 bits per heavy atom. The van der Waals surface area contributed by atoms with Gasteiger partial charge in [-0.2, -0.15) is 0 Å². The fourth-order valence-corrected chi connectivity index (χ4v) is 2.57. The molecule has 3 aromatic rings. The van der Waals surface area contributed by atoms with Crippen LogP contribution in [0.4, 0.5) is 0 Å². The minimum Gasteiger partial charge on any atom is -0.497 e. The molecule has 0 amide bonds. The lowest BCUT2D eigenvalue weighted by Gasteiger charge is -2.08. The summed E-state index contributed by atoms with van der Waals surface area (Å²) in [6, 6.07) is 10.1. The molecule has 0 aliphatic heterocycles. The molecule has 0 radical (unpaired) electrons. The van der Waals surface area contributed by atoms with Crippen LogP contribution in [0.25, 0.3) is 17.0 Å². The van der Waals surface area contributed by atoms with Crippen LogP contribution in [-0.4, -0.2) is 21.5 Å². The Labute approximate surface area is 118 Å². The first-order chi connectivity index (χ1) is 9.60. The Bertz CT molecular complexity index is 773. The van der Waals surface area contributed by atoms with Gasteiger partial charge in [-0.3, -0.25) is 4.40 Å². The monoisotopic (exact) mass is 267 g/mol. The quantitative estimate of drug-likeness (QED) is 0.715. The Balaban J connectivity index is 2.26. The number of nitrogens with zero attached hydrogens (tertiary/aromatic N) is 3. The van der Waals surface area contributed by atoms with Crippen molar-refractivity contribution in [1.82, 2.24) is 14.4 Å². The average molecular weight is 267 g/mol. The van der Waals surface area contributed by atoms with Crippen LogP contribution >= 0.6 is 0 Å². The standard InChI is InChI=1S/C16H17N3O/c1-10-9-11(2)19-15(12(3)18-16(19)17-10)13-5-7-14(20-4)8-6-13/h5-9H,1-4H3. The van der Waals surface area contributed by atoms with Gasteiger partial charge in [0.05, 0.1) is 18.5 Å². The molecule has 0 saturated carbocycles. The van der Waals surface area contributed by atoms with E-state index < -0.39 is 0 Å². The second kappa shape index (κ2) is 4.63. The van der Waals surface area contributed by atoms with Crippen LogP contribution < -0.4 is 4.74 Å². The molecule has 0 atom stereocenters. The fourth-order valence-electron chi connectivity index (χ4n) is 2.57. The van der Waals surface area contributed by atoms with E-state index in [1.54, 1.807) is 7.11 Å². The average Bonchev–Trinajstić information content (AvgIpc) is 2.75. The number of aryl methyl sites for hydroxylation is 3. The van der Waals surface area contributed by atoms with E-state index in [4.69, 9.17) is 4.74 Å². The van der Waals surface area contributed by atoms with Crippen molar-refractivity contribution < 1.29 is 4.74 Å². The van der Waals surface area contributed by atoms with E-state index in [1.165, 1.54) is 0 Å². The molecule has 0 spiro atoms.